The van der Waals surface area contributed by atoms with Crippen LogP contribution in [0.15, 0.2) is 0 Å². The summed E-state index contributed by atoms with van der Waals surface area (Å²) < 4.78 is 41.2. The van der Waals surface area contributed by atoms with Crippen LogP contribution in [0.3, 0.4) is 0 Å². The highest BCUT2D eigenvalue weighted by Crippen LogP contribution is 2.33. The Morgan fingerprint density at radius 1 is 1.38 bits per heavy atom. The van der Waals surface area contributed by atoms with Gasteiger partial charge in [0.25, 0.3) is 0 Å². The fourth-order valence-electron chi connectivity index (χ4n) is 1.59. The van der Waals surface area contributed by atoms with Crippen molar-refractivity contribution in [3.8, 4) is 0 Å². The third-order valence-electron chi connectivity index (χ3n) is 2.33. The molecule has 0 aromatic carbocycles. The van der Waals surface area contributed by atoms with Crippen molar-refractivity contribution in [1.82, 2.24) is 0 Å². The summed E-state index contributed by atoms with van der Waals surface area (Å²) in [7, 11) is 0. The molecule has 1 fully saturated rings. The number of hydrogen-bond acceptors (Lipinski definition) is 2. The summed E-state index contributed by atoms with van der Waals surface area (Å²) in [4.78, 5) is 0. The fraction of sp³-hybridized carbons (Fsp3) is 1.00. The zero-order valence-corrected chi connectivity index (χ0v) is 7.31. The Labute approximate surface area is 75.2 Å². The lowest BCUT2D eigenvalue weighted by Crippen LogP contribution is -2.38. The molecule has 1 rings (SSSR count). The van der Waals surface area contributed by atoms with E-state index >= 15 is 0 Å². The maximum Gasteiger partial charge on any atom is 0.414 e. The summed E-state index contributed by atoms with van der Waals surface area (Å²) in [5.41, 5.74) is 5.29. The van der Waals surface area contributed by atoms with Gasteiger partial charge in [-0.25, -0.2) is 0 Å². The minimum atomic E-state index is -4.22. The molecule has 78 valence electrons. The summed E-state index contributed by atoms with van der Waals surface area (Å²) in [6.45, 7) is 0.657. The zero-order chi connectivity index (χ0) is 9.90. The van der Waals surface area contributed by atoms with Crippen LogP contribution in [-0.4, -0.2) is 25.4 Å². The zero-order valence-electron chi connectivity index (χ0n) is 7.31. The van der Waals surface area contributed by atoms with Crippen LogP contribution in [0, 0.1) is 5.92 Å². The third kappa shape index (κ3) is 3.15. The molecule has 0 aliphatic carbocycles. The predicted octanol–water partition coefficient (Wildman–Crippen LogP) is 1.69. The van der Waals surface area contributed by atoms with E-state index < -0.39 is 12.3 Å². The molecule has 0 spiro atoms. The molecule has 1 saturated heterocycles. The van der Waals surface area contributed by atoms with Crippen LogP contribution in [0.5, 0.6) is 0 Å². The molecule has 0 aromatic rings. The molecule has 1 heterocycles. The molecule has 13 heavy (non-hydrogen) atoms. The molecule has 0 aromatic heterocycles. The van der Waals surface area contributed by atoms with Crippen LogP contribution in [0.1, 0.15) is 19.3 Å². The lowest BCUT2D eigenvalue weighted by Gasteiger charge is -2.30. The first-order valence-electron chi connectivity index (χ1n) is 4.42. The molecule has 2 N–H and O–H groups in total. The van der Waals surface area contributed by atoms with Gasteiger partial charge in [0.15, 0.2) is 6.10 Å². The summed E-state index contributed by atoms with van der Waals surface area (Å²) in [5, 5.41) is 0. The van der Waals surface area contributed by atoms with Crippen molar-refractivity contribution in [3.63, 3.8) is 0 Å². The molecule has 5 heteroatoms. The number of nitrogens with two attached hydrogens (primary N) is 1. The smallest absolute Gasteiger partial charge is 0.369 e. The monoisotopic (exact) mass is 197 g/mol. The first-order chi connectivity index (χ1) is 6.04. The first-order valence-corrected chi connectivity index (χ1v) is 4.42. The van der Waals surface area contributed by atoms with Crippen LogP contribution in [0.2, 0.25) is 0 Å². The van der Waals surface area contributed by atoms with E-state index in [0.717, 1.165) is 0 Å². The van der Waals surface area contributed by atoms with E-state index in [1.807, 2.05) is 0 Å². The maximum atomic E-state index is 12.2. The topological polar surface area (TPSA) is 35.2 Å². The Morgan fingerprint density at radius 3 is 2.62 bits per heavy atom. The van der Waals surface area contributed by atoms with Gasteiger partial charge in [0.05, 0.1) is 0 Å². The van der Waals surface area contributed by atoms with E-state index in [1.165, 1.54) is 0 Å². The van der Waals surface area contributed by atoms with Crippen molar-refractivity contribution in [2.24, 2.45) is 11.7 Å². The number of halogens is 3. The van der Waals surface area contributed by atoms with Crippen molar-refractivity contribution < 1.29 is 17.9 Å². The van der Waals surface area contributed by atoms with Gasteiger partial charge in [0.2, 0.25) is 0 Å². The molecule has 0 saturated carbocycles. The van der Waals surface area contributed by atoms with Crippen molar-refractivity contribution in [1.29, 1.82) is 0 Å². The quantitative estimate of drug-likeness (QED) is 0.731. The second-order valence-corrected chi connectivity index (χ2v) is 3.37. The van der Waals surface area contributed by atoms with Crippen LogP contribution >= 0.6 is 0 Å². The van der Waals surface area contributed by atoms with Crippen molar-refractivity contribution >= 4 is 0 Å². The van der Waals surface area contributed by atoms with Crippen molar-refractivity contribution in [3.05, 3.63) is 0 Å². The Hall–Kier alpha value is -0.290. The van der Waals surface area contributed by atoms with E-state index in [1.54, 1.807) is 0 Å². The number of ether oxygens (including phenoxy) is 1. The van der Waals surface area contributed by atoms with Gasteiger partial charge in [0.1, 0.15) is 0 Å². The van der Waals surface area contributed by atoms with Gasteiger partial charge < -0.3 is 10.5 Å². The number of alkyl halides is 3. The van der Waals surface area contributed by atoms with Crippen LogP contribution in [0.25, 0.3) is 0 Å². The van der Waals surface area contributed by atoms with Gasteiger partial charge in [0, 0.05) is 6.61 Å². The molecule has 0 radical (unpaired) electrons. The largest absolute Gasteiger partial charge is 0.414 e. The standard InChI is InChI=1S/C8H14F3NO/c9-8(10,11)7-5-6(1-3-12)2-4-13-7/h6-7H,1-5,12H2. The first kappa shape index (κ1) is 10.8. The molecule has 1 aliphatic rings. The van der Waals surface area contributed by atoms with Gasteiger partial charge >= 0.3 is 6.18 Å². The Balaban J connectivity index is 2.42. The highest BCUT2D eigenvalue weighted by Gasteiger charge is 2.43. The maximum absolute atomic E-state index is 12.2. The van der Waals surface area contributed by atoms with Crippen LogP contribution < -0.4 is 5.73 Å². The fourth-order valence-corrected chi connectivity index (χ4v) is 1.59. The van der Waals surface area contributed by atoms with Crippen LogP contribution in [-0.2, 0) is 4.74 Å². The minimum absolute atomic E-state index is 0.0701. The second-order valence-electron chi connectivity index (χ2n) is 3.37. The average molecular weight is 197 g/mol. The Bertz CT molecular complexity index is 158. The SMILES string of the molecule is NCCC1CCOC(C(F)(F)F)C1. The normalized spacial score (nSPS) is 30.5. The summed E-state index contributed by atoms with van der Waals surface area (Å²) >= 11 is 0. The van der Waals surface area contributed by atoms with E-state index in [4.69, 9.17) is 5.73 Å². The lowest BCUT2D eigenvalue weighted by molar-refractivity contribution is -0.235. The summed E-state index contributed by atoms with van der Waals surface area (Å²) in [6, 6.07) is 0. The van der Waals surface area contributed by atoms with E-state index in [0.29, 0.717) is 19.4 Å². The highest BCUT2D eigenvalue weighted by molar-refractivity contribution is 4.77. The van der Waals surface area contributed by atoms with Gasteiger partial charge in [-0.05, 0) is 31.7 Å². The number of rotatable bonds is 2. The number of hydrogen-bond donors (Lipinski definition) is 1. The van der Waals surface area contributed by atoms with E-state index in [9.17, 15) is 13.2 Å². The molecule has 2 nitrogen and oxygen atoms in total. The highest BCUT2D eigenvalue weighted by atomic mass is 19.4. The molecule has 2 unspecified atom stereocenters. The van der Waals surface area contributed by atoms with Gasteiger partial charge in [-0.2, -0.15) is 13.2 Å². The van der Waals surface area contributed by atoms with Gasteiger partial charge in [-0.15, -0.1) is 0 Å². The Morgan fingerprint density at radius 2 is 2.08 bits per heavy atom. The molecule has 2 atom stereocenters. The van der Waals surface area contributed by atoms with Gasteiger partial charge in [-0.3, -0.25) is 0 Å². The van der Waals surface area contributed by atoms with Crippen molar-refractivity contribution in [2.45, 2.75) is 31.5 Å². The lowest BCUT2D eigenvalue weighted by atomic mass is 9.92. The molecular weight excluding hydrogens is 183 g/mol. The molecule has 0 amide bonds. The summed E-state index contributed by atoms with van der Waals surface area (Å²) in [6.07, 6.45) is -4.36. The van der Waals surface area contributed by atoms with Crippen molar-refractivity contribution in [2.75, 3.05) is 13.2 Å². The third-order valence-corrected chi connectivity index (χ3v) is 2.33. The minimum Gasteiger partial charge on any atom is -0.369 e. The Kier molecular flexibility index (Phi) is 3.55. The van der Waals surface area contributed by atoms with Gasteiger partial charge in [-0.1, -0.05) is 0 Å². The molecule has 1 aliphatic heterocycles. The molecular formula is C8H14F3NO. The predicted molar refractivity (Wildman–Crippen MR) is 42.2 cm³/mol. The second kappa shape index (κ2) is 4.28. The van der Waals surface area contributed by atoms with E-state index in [2.05, 4.69) is 4.74 Å². The summed E-state index contributed by atoms with van der Waals surface area (Å²) in [5.74, 6) is 0.0744. The van der Waals surface area contributed by atoms with E-state index in [-0.39, 0.29) is 18.9 Å². The average Bonchev–Trinajstić information content (AvgIpc) is 2.04. The van der Waals surface area contributed by atoms with Crippen LogP contribution in [0.4, 0.5) is 13.2 Å². The molecule has 0 bridgehead atoms.